The number of aliphatic hydroxyl groups excluding tert-OH is 11. The van der Waals surface area contributed by atoms with Crippen molar-refractivity contribution in [3.8, 4) is 0 Å². The fourth-order valence-electron chi connectivity index (χ4n) is 9.65. The van der Waals surface area contributed by atoms with Gasteiger partial charge in [-0.3, -0.25) is 18.6 Å². The van der Waals surface area contributed by atoms with Crippen molar-refractivity contribution in [1.82, 2.24) is 0 Å². The number of hydrogen-bond donors (Lipinski definition) is 12. The van der Waals surface area contributed by atoms with E-state index >= 15 is 0 Å². The largest absolute Gasteiger partial charge is 0.472 e. The Morgan fingerprint density at radius 1 is 0.447 bits per heavy atom. The normalized spacial score (nSPS) is 32.2. The summed E-state index contributed by atoms with van der Waals surface area (Å²) in [6.07, 6.45) is -7.52. The lowest BCUT2D eigenvalue weighted by molar-refractivity contribution is -0.360. The summed E-state index contributed by atoms with van der Waals surface area (Å²) in [6, 6.07) is 0. The van der Waals surface area contributed by atoms with Gasteiger partial charge in [-0.1, -0.05) is 162 Å². The quantitative estimate of drug-likeness (QED) is 0.0238. The number of aliphatic hydroxyl groups is 11. The van der Waals surface area contributed by atoms with Gasteiger partial charge >= 0.3 is 19.8 Å². The Hall–Kier alpha value is -1.55. The van der Waals surface area contributed by atoms with Crippen molar-refractivity contribution in [3.63, 3.8) is 0 Å². The van der Waals surface area contributed by atoms with Crippen LogP contribution >= 0.6 is 7.82 Å². The van der Waals surface area contributed by atoms with E-state index in [0.29, 0.717) is 12.8 Å². The summed E-state index contributed by atoms with van der Waals surface area (Å²) in [5.74, 6) is -1.32. The molecule has 0 radical (unpaired) electrons. The van der Waals surface area contributed by atoms with Gasteiger partial charge in [0.05, 0.1) is 19.8 Å². The van der Waals surface area contributed by atoms with Crippen LogP contribution in [0.4, 0.5) is 0 Å². The van der Waals surface area contributed by atoms with Crippen LogP contribution in [0.25, 0.3) is 0 Å². The third-order valence-electron chi connectivity index (χ3n) is 14.4. The zero-order valence-corrected chi connectivity index (χ0v) is 45.9. The molecular weight excluding hydrogens is 1020 g/mol. The highest BCUT2D eigenvalue weighted by atomic mass is 31.2. The topological polar surface area (TPSA) is 368 Å². The first-order valence-electron chi connectivity index (χ1n) is 28.4. The number of hydrogen-bond acceptors (Lipinski definition) is 22. The summed E-state index contributed by atoms with van der Waals surface area (Å²) >= 11 is 0. The van der Waals surface area contributed by atoms with Gasteiger partial charge in [0.1, 0.15) is 92.1 Å². The Kier molecular flexibility index (Phi) is 34.6. The van der Waals surface area contributed by atoms with Crippen LogP contribution in [0, 0.1) is 0 Å². The Bertz CT molecular complexity index is 1530. The van der Waals surface area contributed by atoms with E-state index < -0.39 is 150 Å². The molecule has 0 bridgehead atoms. The first-order valence-corrected chi connectivity index (χ1v) is 29.9. The maximum atomic E-state index is 14.0. The van der Waals surface area contributed by atoms with Crippen LogP contribution in [-0.2, 0) is 51.6 Å². The Labute approximate surface area is 449 Å². The fourth-order valence-corrected chi connectivity index (χ4v) is 10.6. The first-order chi connectivity index (χ1) is 36.4. The van der Waals surface area contributed by atoms with Gasteiger partial charge in [0.15, 0.2) is 18.7 Å². The number of carbonyl (C=O) groups is 2. The Morgan fingerprint density at radius 3 is 1.16 bits per heavy atom. The van der Waals surface area contributed by atoms with E-state index in [-0.39, 0.29) is 12.8 Å². The predicted molar refractivity (Wildman–Crippen MR) is 273 cm³/mol. The maximum absolute atomic E-state index is 14.0. The second kappa shape index (κ2) is 38.2. The number of esters is 2. The van der Waals surface area contributed by atoms with Crippen LogP contribution in [0.15, 0.2) is 0 Å². The number of phosphoric acid groups is 1. The highest BCUT2D eigenvalue weighted by molar-refractivity contribution is 7.47. The van der Waals surface area contributed by atoms with Crippen molar-refractivity contribution in [2.24, 2.45) is 0 Å². The number of phosphoric ester groups is 1. The highest BCUT2D eigenvalue weighted by Crippen LogP contribution is 2.49. The van der Waals surface area contributed by atoms with Crippen molar-refractivity contribution < 1.29 is 113 Å². The molecule has 2 heterocycles. The van der Waals surface area contributed by atoms with E-state index in [4.69, 9.17) is 37.5 Å². The van der Waals surface area contributed by atoms with Crippen LogP contribution in [-0.4, -0.2) is 204 Å². The van der Waals surface area contributed by atoms with E-state index in [0.717, 1.165) is 57.8 Å². The molecule has 24 heteroatoms. The molecule has 3 rings (SSSR count). The van der Waals surface area contributed by atoms with Crippen molar-refractivity contribution in [2.75, 3.05) is 26.4 Å². The summed E-state index contributed by atoms with van der Waals surface area (Å²) in [7, 11) is -5.62. The van der Waals surface area contributed by atoms with Crippen LogP contribution in [0.3, 0.4) is 0 Å². The molecule has 76 heavy (non-hydrogen) atoms. The predicted octanol–water partition coefficient (Wildman–Crippen LogP) is 2.98. The molecule has 3 aliphatic rings. The van der Waals surface area contributed by atoms with Crippen LogP contribution in [0.5, 0.6) is 0 Å². The monoisotopic (exact) mass is 1120 g/mol. The number of rotatable bonds is 41. The molecule has 2 aliphatic heterocycles. The highest BCUT2D eigenvalue weighted by Gasteiger charge is 2.58. The minimum atomic E-state index is -5.62. The van der Waals surface area contributed by atoms with Gasteiger partial charge < -0.3 is 89.5 Å². The molecule has 2 saturated heterocycles. The molecule has 0 aromatic heterocycles. The molecule has 0 aromatic carbocycles. The minimum Gasteiger partial charge on any atom is -0.462 e. The molecule has 0 spiro atoms. The maximum Gasteiger partial charge on any atom is 0.472 e. The van der Waals surface area contributed by atoms with Gasteiger partial charge in [-0.05, 0) is 12.8 Å². The van der Waals surface area contributed by atoms with E-state index in [9.17, 15) is 75.2 Å². The van der Waals surface area contributed by atoms with Crippen molar-refractivity contribution >= 4 is 19.8 Å². The Balaban J connectivity index is 1.73. The van der Waals surface area contributed by atoms with Crippen molar-refractivity contribution in [1.29, 1.82) is 0 Å². The van der Waals surface area contributed by atoms with Crippen LogP contribution in [0.2, 0.25) is 0 Å². The molecule has 0 aromatic rings. The number of unbranched alkanes of at least 4 members (excludes halogenated alkanes) is 23. The third kappa shape index (κ3) is 24.3. The van der Waals surface area contributed by atoms with Crippen LogP contribution < -0.4 is 0 Å². The Morgan fingerprint density at radius 2 is 0.789 bits per heavy atom. The second-order valence-electron chi connectivity index (χ2n) is 20.8. The fraction of sp³-hybridized carbons (Fsp3) is 0.962. The number of ether oxygens (including phenoxy) is 6. The van der Waals surface area contributed by atoms with Crippen molar-refractivity contribution in [2.45, 2.75) is 291 Å². The minimum absolute atomic E-state index is 0.0256. The number of carbonyl (C=O) groups excluding carboxylic acids is 2. The zero-order valence-electron chi connectivity index (χ0n) is 45.0. The molecule has 16 unspecified atom stereocenters. The lowest BCUT2D eigenvalue weighted by Gasteiger charge is -2.49. The molecule has 1 aliphatic carbocycles. The summed E-state index contributed by atoms with van der Waals surface area (Å²) in [4.78, 5) is 37.4. The SMILES string of the molecule is CCCCCCCCCCCCCCCC(=O)OCC(COP(=O)(O)OC1C(OC2OC(CO)C(O)C(O)C2O)C(O)C(O)C(O)C1OC1OC(CO)C(O)C(O)C1O)OC(=O)CCCCCCCCCCCCCC. The molecule has 3 fully saturated rings. The molecule has 448 valence electrons. The van der Waals surface area contributed by atoms with E-state index in [1.807, 2.05) is 0 Å². The molecule has 0 amide bonds. The third-order valence-corrected chi connectivity index (χ3v) is 15.4. The summed E-state index contributed by atoms with van der Waals surface area (Å²) < 4.78 is 58.0. The van der Waals surface area contributed by atoms with Gasteiger partial charge in [0.25, 0.3) is 0 Å². The van der Waals surface area contributed by atoms with Crippen molar-refractivity contribution in [3.05, 3.63) is 0 Å². The van der Waals surface area contributed by atoms with Gasteiger partial charge in [-0.25, -0.2) is 4.57 Å². The molecule has 1 saturated carbocycles. The zero-order chi connectivity index (χ0) is 56.0. The average molecular weight is 1120 g/mol. The van der Waals surface area contributed by atoms with Gasteiger partial charge in [-0.2, -0.15) is 0 Å². The lowest BCUT2D eigenvalue weighted by atomic mass is 9.84. The van der Waals surface area contributed by atoms with E-state index in [1.54, 1.807) is 0 Å². The first kappa shape index (κ1) is 68.7. The van der Waals surface area contributed by atoms with Gasteiger partial charge in [0, 0.05) is 12.8 Å². The van der Waals surface area contributed by atoms with Crippen LogP contribution in [0.1, 0.15) is 187 Å². The summed E-state index contributed by atoms with van der Waals surface area (Å²) in [6.45, 7) is 0.995. The second-order valence-corrected chi connectivity index (χ2v) is 22.2. The summed E-state index contributed by atoms with van der Waals surface area (Å²) in [5, 5.41) is 116. The summed E-state index contributed by atoms with van der Waals surface area (Å²) in [5.41, 5.74) is 0. The van der Waals surface area contributed by atoms with Gasteiger partial charge in [0.2, 0.25) is 0 Å². The standard InChI is InChI=1S/C52H97O23P/c1-3-5-7-9-11-13-15-17-19-20-22-24-26-28-37(55)68-32-34(70-38(56)29-27-25-23-21-18-16-14-12-10-8-6-4-2)33-69-76(66,67)75-50-48(73-51-46(64)41(59)39(57)35(30-53)71-51)44(62)43(61)45(63)49(50)74-52-47(65)42(60)40(58)36(31-54)72-52/h34-36,39-54,57-65H,3-33H2,1-2H3,(H,66,67). The van der Waals surface area contributed by atoms with E-state index in [1.165, 1.54) is 89.9 Å². The van der Waals surface area contributed by atoms with Gasteiger partial charge in [-0.15, -0.1) is 0 Å². The smallest absolute Gasteiger partial charge is 0.462 e. The molecule has 16 atom stereocenters. The molecule has 12 N–H and O–H groups in total. The molecule has 23 nitrogen and oxygen atoms in total. The van der Waals surface area contributed by atoms with E-state index in [2.05, 4.69) is 13.8 Å². The lowest BCUT2D eigenvalue weighted by Crippen LogP contribution is -2.69. The molecular formula is C52H97O23P. The average Bonchev–Trinajstić information content (AvgIpc) is 3.40.